The van der Waals surface area contributed by atoms with Gasteiger partial charge in [-0.1, -0.05) is 27.2 Å². The fraction of sp³-hybridized carbons (Fsp3) is 0.708. The van der Waals surface area contributed by atoms with Gasteiger partial charge in [0.2, 0.25) is 5.91 Å². The van der Waals surface area contributed by atoms with Crippen LogP contribution in [0, 0.1) is 17.2 Å². The summed E-state index contributed by atoms with van der Waals surface area (Å²) in [5, 5.41) is 10.1. The van der Waals surface area contributed by atoms with Crippen LogP contribution >= 0.6 is 0 Å². The smallest absolute Gasteiger partial charge is 0.293 e. The molecule has 6 nitrogen and oxygen atoms in total. The fourth-order valence-electron chi connectivity index (χ4n) is 4.48. The predicted molar refractivity (Wildman–Crippen MR) is 117 cm³/mol. The molecule has 0 atom stereocenters. The number of anilines is 1. The van der Waals surface area contributed by atoms with Crippen LogP contribution in [0.2, 0.25) is 0 Å². The zero-order valence-corrected chi connectivity index (χ0v) is 19.3. The van der Waals surface area contributed by atoms with Crippen LogP contribution in [0.15, 0.2) is 0 Å². The van der Waals surface area contributed by atoms with Crippen LogP contribution < -0.4 is 9.88 Å². The predicted octanol–water partition coefficient (Wildman–Crippen LogP) is 3.26. The van der Waals surface area contributed by atoms with Gasteiger partial charge in [0.15, 0.2) is 0 Å². The highest BCUT2D eigenvalue weighted by Gasteiger charge is 2.36. The Morgan fingerprint density at radius 2 is 1.93 bits per heavy atom. The van der Waals surface area contributed by atoms with Crippen molar-refractivity contribution in [2.45, 2.75) is 78.9 Å². The summed E-state index contributed by atoms with van der Waals surface area (Å²) in [7, 11) is 0. The molecule has 2 aliphatic rings. The minimum atomic E-state index is -0.267. The quantitative estimate of drug-likeness (QED) is 0.718. The number of nitrogens with one attached hydrogen (secondary N) is 1. The number of rotatable bonds is 6. The lowest BCUT2D eigenvalue weighted by Gasteiger charge is -2.35. The molecule has 30 heavy (non-hydrogen) atoms. The van der Waals surface area contributed by atoms with Crippen molar-refractivity contribution in [3.8, 4) is 6.07 Å². The number of carbonyl (C=O) groups excluding carboxylic acids is 1. The molecule has 1 aromatic heterocycles. The van der Waals surface area contributed by atoms with Gasteiger partial charge in [-0.3, -0.25) is 9.69 Å². The molecule has 3 heterocycles. The van der Waals surface area contributed by atoms with Crippen molar-refractivity contribution in [3.05, 3.63) is 22.4 Å². The Balaban J connectivity index is 1.90. The van der Waals surface area contributed by atoms with Crippen molar-refractivity contribution < 1.29 is 14.5 Å². The standard InChI is InChI=1S/C24H36N4O2/c1-6-7-8-22(29)27-9-11-28(12-10-27)23-19(15-25)18-14-24(4,5)30-16-20(18)21(26-23)13-17(2)3/h17H,6-14,16H2,1-5H3/p+1. The Labute approximate surface area is 181 Å². The third kappa shape index (κ3) is 4.95. The number of pyridine rings is 1. The fourth-order valence-corrected chi connectivity index (χ4v) is 4.48. The maximum absolute atomic E-state index is 12.4. The van der Waals surface area contributed by atoms with Crippen LogP contribution in [0.25, 0.3) is 0 Å². The molecule has 164 valence electrons. The number of amides is 1. The van der Waals surface area contributed by atoms with Crippen LogP contribution in [-0.2, 0) is 29.0 Å². The topological polar surface area (TPSA) is 70.7 Å². The Kier molecular flexibility index (Phi) is 7.02. The Bertz CT molecular complexity index is 817. The number of aromatic nitrogens is 1. The highest BCUT2D eigenvalue weighted by Crippen LogP contribution is 2.34. The van der Waals surface area contributed by atoms with E-state index in [-0.39, 0.29) is 11.5 Å². The highest BCUT2D eigenvalue weighted by atomic mass is 16.5. The molecule has 1 amide bonds. The first kappa shape index (κ1) is 22.6. The van der Waals surface area contributed by atoms with Crippen molar-refractivity contribution >= 4 is 11.7 Å². The van der Waals surface area contributed by atoms with E-state index in [1.807, 2.05) is 4.90 Å². The van der Waals surface area contributed by atoms with E-state index < -0.39 is 0 Å². The van der Waals surface area contributed by atoms with Crippen molar-refractivity contribution in [1.82, 2.24) is 4.90 Å². The number of unbranched alkanes of at least 4 members (excludes halogenated alkanes) is 1. The molecule has 1 aromatic rings. The van der Waals surface area contributed by atoms with Gasteiger partial charge in [0, 0.05) is 24.8 Å². The number of H-pyrrole nitrogens is 1. The number of hydrogen-bond acceptors (Lipinski definition) is 4. The van der Waals surface area contributed by atoms with Gasteiger partial charge in [-0.05, 0) is 31.7 Å². The first-order chi connectivity index (χ1) is 14.3. The van der Waals surface area contributed by atoms with Gasteiger partial charge in [-0.25, -0.2) is 4.98 Å². The normalized spacial score (nSPS) is 18.3. The number of nitriles is 1. The monoisotopic (exact) mass is 413 g/mol. The lowest BCUT2D eigenvalue weighted by atomic mass is 9.86. The molecule has 1 fully saturated rings. The number of carbonyl (C=O) groups is 1. The van der Waals surface area contributed by atoms with Crippen LogP contribution in [-0.4, -0.2) is 42.6 Å². The van der Waals surface area contributed by atoms with Gasteiger partial charge in [0.1, 0.15) is 30.4 Å². The largest absolute Gasteiger partial charge is 0.370 e. The summed E-state index contributed by atoms with van der Waals surface area (Å²) in [5.41, 5.74) is 3.97. The van der Waals surface area contributed by atoms with Gasteiger partial charge >= 0.3 is 0 Å². The minimum Gasteiger partial charge on any atom is -0.370 e. The van der Waals surface area contributed by atoms with Crippen LogP contribution in [0.5, 0.6) is 0 Å². The number of hydrogen-bond donors (Lipinski definition) is 0. The number of ether oxygens (including phenoxy) is 1. The summed E-state index contributed by atoms with van der Waals surface area (Å²) in [5.74, 6) is 1.69. The molecule has 2 aliphatic heterocycles. The number of fused-ring (bicyclic) bond motifs is 1. The molecule has 1 saturated heterocycles. The minimum absolute atomic E-state index is 0.255. The molecule has 0 aromatic carbocycles. The molecule has 0 unspecified atom stereocenters. The summed E-state index contributed by atoms with van der Waals surface area (Å²) in [6.45, 7) is 14.2. The van der Waals surface area contributed by atoms with E-state index in [0.717, 1.165) is 61.3 Å². The highest BCUT2D eigenvalue weighted by molar-refractivity contribution is 5.76. The van der Waals surface area contributed by atoms with E-state index in [9.17, 15) is 10.1 Å². The second kappa shape index (κ2) is 9.34. The van der Waals surface area contributed by atoms with Gasteiger partial charge in [0.05, 0.1) is 25.3 Å². The maximum Gasteiger partial charge on any atom is 0.293 e. The second-order valence-electron chi connectivity index (χ2n) is 9.69. The van der Waals surface area contributed by atoms with Gasteiger partial charge < -0.3 is 9.64 Å². The molecule has 0 radical (unpaired) electrons. The van der Waals surface area contributed by atoms with E-state index in [0.29, 0.717) is 32.0 Å². The summed E-state index contributed by atoms with van der Waals surface area (Å²) in [6, 6.07) is 2.49. The number of aromatic amines is 1. The van der Waals surface area contributed by atoms with Crippen molar-refractivity contribution in [2.75, 3.05) is 31.1 Å². The zero-order valence-electron chi connectivity index (χ0n) is 19.3. The second-order valence-corrected chi connectivity index (χ2v) is 9.69. The van der Waals surface area contributed by atoms with Crippen LogP contribution in [0.3, 0.4) is 0 Å². The Morgan fingerprint density at radius 3 is 2.53 bits per heavy atom. The first-order valence-electron chi connectivity index (χ1n) is 11.4. The summed E-state index contributed by atoms with van der Waals surface area (Å²) >= 11 is 0. The molecule has 1 N–H and O–H groups in total. The molecule has 0 bridgehead atoms. The van der Waals surface area contributed by atoms with E-state index in [1.54, 1.807) is 0 Å². The third-order valence-electron chi connectivity index (χ3n) is 6.16. The average Bonchev–Trinajstić information content (AvgIpc) is 2.70. The molecule has 0 spiro atoms. The third-order valence-corrected chi connectivity index (χ3v) is 6.16. The number of nitrogens with zero attached hydrogens (tertiary/aromatic N) is 3. The van der Waals surface area contributed by atoms with Crippen molar-refractivity contribution in [1.29, 1.82) is 5.26 Å². The van der Waals surface area contributed by atoms with Gasteiger partial charge in [0.25, 0.3) is 5.82 Å². The average molecular weight is 414 g/mol. The molecule has 0 saturated carbocycles. The lowest BCUT2D eigenvalue weighted by Crippen LogP contribution is -2.51. The lowest BCUT2D eigenvalue weighted by molar-refractivity contribution is -0.379. The van der Waals surface area contributed by atoms with E-state index in [2.05, 4.69) is 50.6 Å². The number of piperazine rings is 1. The molecular formula is C24H37N4O2+. The van der Waals surface area contributed by atoms with E-state index in [1.165, 1.54) is 5.69 Å². The molecule has 0 aliphatic carbocycles. The summed E-state index contributed by atoms with van der Waals surface area (Å²) < 4.78 is 6.08. The van der Waals surface area contributed by atoms with Crippen LogP contribution in [0.4, 0.5) is 5.82 Å². The SMILES string of the molecule is CCCCC(=O)N1CCN(c2[nH+]c(CC(C)C)c3c(c2C#N)CC(C)(C)OC3)CC1. The first-order valence-corrected chi connectivity index (χ1v) is 11.4. The van der Waals surface area contributed by atoms with Crippen molar-refractivity contribution in [2.24, 2.45) is 5.92 Å². The van der Waals surface area contributed by atoms with E-state index >= 15 is 0 Å². The Morgan fingerprint density at radius 1 is 1.23 bits per heavy atom. The van der Waals surface area contributed by atoms with Crippen molar-refractivity contribution in [3.63, 3.8) is 0 Å². The maximum atomic E-state index is 12.4. The summed E-state index contributed by atoms with van der Waals surface area (Å²) in [4.78, 5) is 20.2. The van der Waals surface area contributed by atoms with Gasteiger partial charge in [-0.2, -0.15) is 5.26 Å². The molecule has 6 heteroatoms. The molecular weight excluding hydrogens is 376 g/mol. The van der Waals surface area contributed by atoms with E-state index in [4.69, 9.17) is 4.74 Å². The zero-order chi connectivity index (χ0) is 21.9. The van der Waals surface area contributed by atoms with Crippen LogP contribution in [0.1, 0.15) is 76.3 Å². The molecule has 3 rings (SSSR count). The Hall–Kier alpha value is -2.13. The van der Waals surface area contributed by atoms with Gasteiger partial charge in [-0.15, -0.1) is 0 Å². The summed E-state index contributed by atoms with van der Waals surface area (Å²) in [6.07, 6.45) is 4.30.